The van der Waals surface area contributed by atoms with E-state index in [1.165, 1.54) is 24.8 Å². The van der Waals surface area contributed by atoms with Gasteiger partial charge in [-0.3, -0.25) is 0 Å². The molecule has 2 saturated heterocycles. The van der Waals surface area contributed by atoms with Gasteiger partial charge in [0.15, 0.2) is 0 Å². The molecule has 0 aromatic heterocycles. The summed E-state index contributed by atoms with van der Waals surface area (Å²) in [7, 11) is 0. The van der Waals surface area contributed by atoms with Crippen LogP contribution in [0.1, 0.15) is 44.6 Å². The molecule has 2 fully saturated rings. The molecule has 5 atom stereocenters. The van der Waals surface area contributed by atoms with E-state index in [0.29, 0.717) is 18.1 Å². The van der Waals surface area contributed by atoms with Crippen LogP contribution in [0, 0.1) is 11.8 Å². The normalized spacial score (nSPS) is 37.3. The van der Waals surface area contributed by atoms with E-state index in [2.05, 4.69) is 44.2 Å². The van der Waals surface area contributed by atoms with Crippen LogP contribution >= 0.6 is 0 Å². The molecular weight excluding hydrogens is 208 g/mol. The fraction of sp³-hybridized carbons (Fsp3) is 0.625. The van der Waals surface area contributed by atoms with E-state index in [9.17, 15) is 0 Å². The molecule has 2 aliphatic rings. The van der Waals surface area contributed by atoms with Crippen LogP contribution in [0.5, 0.6) is 0 Å². The van der Waals surface area contributed by atoms with Crippen molar-refractivity contribution in [3.05, 3.63) is 35.9 Å². The van der Waals surface area contributed by atoms with Gasteiger partial charge in [-0.15, -0.1) is 0 Å². The van der Waals surface area contributed by atoms with Crippen LogP contribution in [0.2, 0.25) is 0 Å². The maximum absolute atomic E-state index is 6.10. The average Bonchev–Trinajstić information content (AvgIpc) is 2.95. The summed E-state index contributed by atoms with van der Waals surface area (Å²) in [6.07, 6.45) is 4.87. The van der Waals surface area contributed by atoms with Crippen LogP contribution in [-0.2, 0) is 4.74 Å². The molecule has 0 N–H and O–H groups in total. The molecule has 2 aliphatic heterocycles. The Morgan fingerprint density at radius 3 is 2.47 bits per heavy atom. The third-order valence-electron chi connectivity index (χ3n) is 4.84. The van der Waals surface area contributed by atoms with Crippen molar-refractivity contribution < 1.29 is 4.74 Å². The second kappa shape index (κ2) is 4.45. The minimum atomic E-state index is 0.528. The third kappa shape index (κ3) is 1.81. The largest absolute Gasteiger partial charge is 0.374 e. The van der Waals surface area contributed by atoms with Gasteiger partial charge in [-0.25, -0.2) is 0 Å². The summed E-state index contributed by atoms with van der Waals surface area (Å²) in [5.41, 5.74) is 1.50. The van der Waals surface area contributed by atoms with Gasteiger partial charge < -0.3 is 4.74 Å². The molecule has 1 aromatic carbocycles. The van der Waals surface area contributed by atoms with Gasteiger partial charge >= 0.3 is 0 Å². The van der Waals surface area contributed by atoms with E-state index < -0.39 is 0 Å². The van der Waals surface area contributed by atoms with Gasteiger partial charge in [-0.05, 0) is 42.6 Å². The molecule has 5 unspecified atom stereocenters. The third-order valence-corrected chi connectivity index (χ3v) is 4.84. The van der Waals surface area contributed by atoms with Crippen LogP contribution < -0.4 is 0 Å². The zero-order valence-electron chi connectivity index (χ0n) is 10.8. The molecule has 0 amide bonds. The van der Waals surface area contributed by atoms with Crippen LogP contribution in [0.4, 0.5) is 0 Å². The standard InChI is InChI=1S/C16H22O/c1-3-13(12-7-5-4-6-8-12)16-11(2)14-9-10-15(16)17-14/h4-8,11,13-16H,3,9-10H2,1-2H3. The van der Waals surface area contributed by atoms with Crippen molar-refractivity contribution in [3.63, 3.8) is 0 Å². The van der Waals surface area contributed by atoms with Crippen molar-refractivity contribution in [2.75, 3.05) is 0 Å². The monoisotopic (exact) mass is 230 g/mol. The predicted octanol–water partition coefficient (Wildman–Crippen LogP) is 3.99. The number of hydrogen-bond acceptors (Lipinski definition) is 1. The zero-order chi connectivity index (χ0) is 11.8. The molecule has 1 aromatic rings. The highest BCUT2D eigenvalue weighted by Gasteiger charge is 2.49. The molecule has 3 rings (SSSR count). The summed E-state index contributed by atoms with van der Waals surface area (Å²) < 4.78 is 6.10. The summed E-state index contributed by atoms with van der Waals surface area (Å²) in [6, 6.07) is 11.0. The molecule has 0 radical (unpaired) electrons. The first-order valence-corrected chi connectivity index (χ1v) is 7.01. The predicted molar refractivity (Wildman–Crippen MR) is 70.0 cm³/mol. The van der Waals surface area contributed by atoms with Crippen molar-refractivity contribution in [3.8, 4) is 0 Å². The lowest BCUT2D eigenvalue weighted by molar-refractivity contribution is 0.0852. The van der Waals surface area contributed by atoms with Gasteiger partial charge in [0.05, 0.1) is 12.2 Å². The zero-order valence-corrected chi connectivity index (χ0v) is 10.8. The Bertz CT molecular complexity index is 370. The second-order valence-electron chi connectivity index (χ2n) is 5.65. The molecule has 2 bridgehead atoms. The lowest BCUT2D eigenvalue weighted by atomic mass is 9.70. The molecule has 0 aliphatic carbocycles. The fourth-order valence-corrected chi connectivity index (χ4v) is 4.00. The maximum atomic E-state index is 6.10. The highest BCUT2D eigenvalue weighted by atomic mass is 16.5. The van der Waals surface area contributed by atoms with Gasteiger partial charge in [0.2, 0.25) is 0 Å². The Morgan fingerprint density at radius 2 is 1.88 bits per heavy atom. The minimum Gasteiger partial charge on any atom is -0.374 e. The van der Waals surface area contributed by atoms with Gasteiger partial charge in [0.1, 0.15) is 0 Å². The Balaban J connectivity index is 1.87. The first-order chi connectivity index (χ1) is 8.31. The lowest BCUT2D eigenvalue weighted by Gasteiger charge is -2.32. The smallest absolute Gasteiger partial charge is 0.0617 e. The Morgan fingerprint density at radius 1 is 1.18 bits per heavy atom. The van der Waals surface area contributed by atoms with E-state index in [1.807, 2.05) is 0 Å². The molecular formula is C16H22O. The molecule has 1 nitrogen and oxygen atoms in total. The Kier molecular flexibility index (Phi) is 2.96. The molecule has 1 heteroatoms. The fourth-order valence-electron chi connectivity index (χ4n) is 4.00. The van der Waals surface area contributed by atoms with E-state index in [1.54, 1.807) is 0 Å². The Hall–Kier alpha value is -0.820. The molecule has 92 valence electrons. The van der Waals surface area contributed by atoms with Crippen molar-refractivity contribution in [1.29, 1.82) is 0 Å². The van der Waals surface area contributed by atoms with Gasteiger partial charge in [0, 0.05) is 0 Å². The summed E-state index contributed by atoms with van der Waals surface area (Å²) >= 11 is 0. The second-order valence-corrected chi connectivity index (χ2v) is 5.65. The highest BCUT2D eigenvalue weighted by molar-refractivity contribution is 5.22. The summed E-state index contributed by atoms with van der Waals surface area (Å²) in [5, 5.41) is 0. The molecule has 17 heavy (non-hydrogen) atoms. The summed E-state index contributed by atoms with van der Waals surface area (Å²) in [6.45, 7) is 4.70. The van der Waals surface area contributed by atoms with Crippen molar-refractivity contribution >= 4 is 0 Å². The van der Waals surface area contributed by atoms with Gasteiger partial charge in [0.25, 0.3) is 0 Å². The van der Waals surface area contributed by atoms with E-state index >= 15 is 0 Å². The SMILES string of the molecule is CCC(c1ccccc1)C1C2CCC(O2)C1C. The first kappa shape index (κ1) is 11.3. The number of fused-ring (bicyclic) bond motifs is 2. The topological polar surface area (TPSA) is 9.23 Å². The minimum absolute atomic E-state index is 0.528. The average molecular weight is 230 g/mol. The molecule has 0 saturated carbocycles. The van der Waals surface area contributed by atoms with Crippen molar-refractivity contribution in [1.82, 2.24) is 0 Å². The number of hydrogen-bond donors (Lipinski definition) is 0. The van der Waals surface area contributed by atoms with E-state index in [0.717, 1.165) is 11.8 Å². The number of rotatable bonds is 3. The Labute approximate surface area is 104 Å². The van der Waals surface area contributed by atoms with E-state index in [-0.39, 0.29) is 0 Å². The van der Waals surface area contributed by atoms with Crippen LogP contribution in [0.25, 0.3) is 0 Å². The van der Waals surface area contributed by atoms with Crippen LogP contribution in [0.15, 0.2) is 30.3 Å². The van der Waals surface area contributed by atoms with Crippen LogP contribution in [0.3, 0.4) is 0 Å². The van der Waals surface area contributed by atoms with Crippen LogP contribution in [-0.4, -0.2) is 12.2 Å². The highest BCUT2D eigenvalue weighted by Crippen LogP contribution is 2.50. The molecule has 0 spiro atoms. The quantitative estimate of drug-likeness (QED) is 0.762. The summed E-state index contributed by atoms with van der Waals surface area (Å²) in [4.78, 5) is 0. The van der Waals surface area contributed by atoms with Crippen molar-refractivity contribution in [2.45, 2.75) is 51.2 Å². The van der Waals surface area contributed by atoms with E-state index in [4.69, 9.17) is 4.74 Å². The summed E-state index contributed by atoms with van der Waals surface area (Å²) in [5.74, 6) is 2.15. The number of ether oxygens (including phenoxy) is 1. The molecule has 2 heterocycles. The maximum Gasteiger partial charge on any atom is 0.0617 e. The van der Waals surface area contributed by atoms with Crippen molar-refractivity contribution in [2.24, 2.45) is 11.8 Å². The first-order valence-electron chi connectivity index (χ1n) is 7.01. The van der Waals surface area contributed by atoms with Gasteiger partial charge in [-0.1, -0.05) is 44.2 Å². The van der Waals surface area contributed by atoms with Gasteiger partial charge in [-0.2, -0.15) is 0 Å². The number of benzene rings is 1. The lowest BCUT2D eigenvalue weighted by Crippen LogP contribution is -2.30.